The highest BCUT2D eigenvalue weighted by molar-refractivity contribution is 5.80. The Labute approximate surface area is 157 Å². The zero-order valence-corrected chi connectivity index (χ0v) is 16.6. The lowest BCUT2D eigenvalue weighted by Gasteiger charge is -2.21. The molecule has 3 nitrogen and oxygen atoms in total. The summed E-state index contributed by atoms with van der Waals surface area (Å²) in [6.07, 6.45) is 1.34. The summed E-state index contributed by atoms with van der Waals surface area (Å²) < 4.78 is 5.80. The first-order valence-corrected chi connectivity index (χ1v) is 9.37. The Morgan fingerprint density at radius 3 is 2.19 bits per heavy atom. The number of hydrogen-bond acceptors (Lipinski definition) is 2. The largest absolute Gasteiger partial charge is 0.481 e. The smallest absolute Gasteiger partial charge is 0.260 e. The molecule has 2 rings (SSSR count). The van der Waals surface area contributed by atoms with E-state index >= 15 is 0 Å². The molecule has 0 aliphatic heterocycles. The van der Waals surface area contributed by atoms with Crippen LogP contribution in [0.25, 0.3) is 0 Å². The molecule has 0 aliphatic carbocycles. The number of hydrogen-bond donors (Lipinski definition) is 1. The standard InChI is InChI=1S/C23H31NO2/c1-17(11-12-19-9-7-6-8-10-19)24-22(25)18(2)26-21-15-13-20(14-16-21)23(3,4)5/h6-10,13-18H,11-12H2,1-5H3,(H,24,25). The number of rotatable bonds is 7. The van der Waals surface area contributed by atoms with Crippen molar-refractivity contribution in [3.63, 3.8) is 0 Å². The van der Waals surface area contributed by atoms with Crippen molar-refractivity contribution in [2.75, 3.05) is 0 Å². The van der Waals surface area contributed by atoms with Crippen molar-refractivity contribution < 1.29 is 9.53 Å². The molecule has 1 amide bonds. The van der Waals surface area contributed by atoms with E-state index in [2.05, 4.69) is 50.4 Å². The molecular weight excluding hydrogens is 322 g/mol. The average molecular weight is 354 g/mol. The fourth-order valence-electron chi connectivity index (χ4n) is 2.75. The molecule has 0 fully saturated rings. The van der Waals surface area contributed by atoms with Crippen molar-refractivity contribution in [2.24, 2.45) is 0 Å². The molecule has 0 saturated heterocycles. The summed E-state index contributed by atoms with van der Waals surface area (Å²) in [7, 11) is 0. The molecule has 0 heterocycles. The van der Waals surface area contributed by atoms with E-state index in [-0.39, 0.29) is 17.4 Å². The van der Waals surface area contributed by atoms with E-state index in [1.807, 2.05) is 37.3 Å². The molecule has 0 spiro atoms. The van der Waals surface area contributed by atoms with Crippen molar-refractivity contribution in [3.8, 4) is 5.75 Å². The van der Waals surface area contributed by atoms with Crippen LogP contribution in [0.1, 0.15) is 52.2 Å². The molecule has 140 valence electrons. The first kappa shape index (κ1) is 20.0. The minimum absolute atomic E-state index is 0.0783. The minimum atomic E-state index is -0.519. The molecule has 0 saturated carbocycles. The van der Waals surface area contributed by atoms with E-state index in [0.717, 1.165) is 18.6 Å². The molecular formula is C23H31NO2. The third-order valence-corrected chi connectivity index (χ3v) is 4.50. The molecule has 2 aromatic rings. The molecule has 2 atom stereocenters. The highest BCUT2D eigenvalue weighted by Crippen LogP contribution is 2.24. The van der Waals surface area contributed by atoms with Crippen LogP contribution in [0.15, 0.2) is 54.6 Å². The van der Waals surface area contributed by atoms with Gasteiger partial charge in [-0.15, -0.1) is 0 Å². The van der Waals surface area contributed by atoms with E-state index in [1.165, 1.54) is 11.1 Å². The Bertz CT molecular complexity index is 686. The first-order valence-electron chi connectivity index (χ1n) is 9.37. The number of aryl methyl sites for hydroxylation is 1. The maximum Gasteiger partial charge on any atom is 0.260 e. The number of benzene rings is 2. The lowest BCUT2D eigenvalue weighted by Crippen LogP contribution is -2.41. The van der Waals surface area contributed by atoms with Crippen molar-refractivity contribution >= 4 is 5.91 Å². The van der Waals surface area contributed by atoms with Gasteiger partial charge in [0, 0.05) is 6.04 Å². The molecule has 0 bridgehead atoms. The van der Waals surface area contributed by atoms with Crippen LogP contribution in [-0.2, 0) is 16.6 Å². The van der Waals surface area contributed by atoms with Crippen LogP contribution in [0, 0.1) is 0 Å². The third-order valence-electron chi connectivity index (χ3n) is 4.50. The highest BCUT2D eigenvalue weighted by Gasteiger charge is 2.18. The van der Waals surface area contributed by atoms with E-state index < -0.39 is 6.10 Å². The Hall–Kier alpha value is -2.29. The van der Waals surface area contributed by atoms with Gasteiger partial charge in [-0.2, -0.15) is 0 Å². The molecule has 0 radical (unpaired) electrons. The summed E-state index contributed by atoms with van der Waals surface area (Å²) in [4.78, 5) is 12.4. The Morgan fingerprint density at radius 2 is 1.62 bits per heavy atom. The maximum atomic E-state index is 12.4. The van der Waals surface area contributed by atoms with Crippen LogP contribution in [0.4, 0.5) is 0 Å². The van der Waals surface area contributed by atoms with Crippen molar-refractivity contribution in [2.45, 2.75) is 65.0 Å². The predicted octanol–water partition coefficient (Wildman–Crippen LogP) is 4.89. The topological polar surface area (TPSA) is 38.3 Å². The first-order chi connectivity index (χ1) is 12.3. The van der Waals surface area contributed by atoms with Gasteiger partial charge < -0.3 is 10.1 Å². The third kappa shape index (κ3) is 6.21. The zero-order valence-electron chi connectivity index (χ0n) is 16.6. The Morgan fingerprint density at radius 1 is 1.00 bits per heavy atom. The van der Waals surface area contributed by atoms with Crippen molar-refractivity contribution in [1.29, 1.82) is 0 Å². The van der Waals surface area contributed by atoms with Crippen molar-refractivity contribution in [3.05, 3.63) is 65.7 Å². The molecule has 2 aromatic carbocycles. The van der Waals surface area contributed by atoms with Gasteiger partial charge in [-0.3, -0.25) is 4.79 Å². The van der Waals surface area contributed by atoms with Crippen LogP contribution >= 0.6 is 0 Å². The van der Waals surface area contributed by atoms with E-state index in [1.54, 1.807) is 6.92 Å². The van der Waals surface area contributed by atoms with E-state index in [9.17, 15) is 4.79 Å². The SMILES string of the molecule is CC(CCc1ccccc1)NC(=O)C(C)Oc1ccc(C(C)(C)C)cc1. The summed E-state index contributed by atoms with van der Waals surface area (Å²) >= 11 is 0. The highest BCUT2D eigenvalue weighted by atomic mass is 16.5. The van der Waals surface area contributed by atoms with Gasteiger partial charge in [0.1, 0.15) is 5.75 Å². The minimum Gasteiger partial charge on any atom is -0.481 e. The maximum absolute atomic E-state index is 12.4. The van der Waals surface area contributed by atoms with Crippen molar-refractivity contribution in [1.82, 2.24) is 5.32 Å². The predicted molar refractivity (Wildman–Crippen MR) is 108 cm³/mol. The summed E-state index contributed by atoms with van der Waals surface area (Å²) in [5, 5.41) is 3.04. The van der Waals surface area contributed by atoms with Gasteiger partial charge in [0.05, 0.1) is 0 Å². The second kappa shape index (κ2) is 8.88. The van der Waals surface area contributed by atoms with E-state index in [4.69, 9.17) is 4.74 Å². The average Bonchev–Trinajstić information content (AvgIpc) is 2.60. The number of ether oxygens (including phenoxy) is 1. The van der Waals surface area contributed by atoms with Gasteiger partial charge in [0.25, 0.3) is 5.91 Å². The molecule has 0 aromatic heterocycles. The van der Waals surface area contributed by atoms with Gasteiger partial charge in [0.2, 0.25) is 0 Å². The lowest BCUT2D eigenvalue weighted by atomic mass is 9.87. The van der Waals surface area contributed by atoms with Crippen LogP contribution in [-0.4, -0.2) is 18.1 Å². The summed E-state index contributed by atoms with van der Waals surface area (Å²) in [6.45, 7) is 10.4. The van der Waals surface area contributed by atoms with Gasteiger partial charge in [-0.1, -0.05) is 63.2 Å². The fraction of sp³-hybridized carbons (Fsp3) is 0.435. The molecule has 0 aliphatic rings. The number of amides is 1. The monoisotopic (exact) mass is 353 g/mol. The Kier molecular flexibility index (Phi) is 6.84. The zero-order chi connectivity index (χ0) is 19.2. The second-order valence-corrected chi connectivity index (χ2v) is 7.97. The molecule has 2 unspecified atom stereocenters. The van der Waals surface area contributed by atoms with Crippen LogP contribution in [0.5, 0.6) is 5.75 Å². The van der Waals surface area contributed by atoms with Gasteiger partial charge in [0.15, 0.2) is 6.10 Å². The van der Waals surface area contributed by atoms with Crippen LogP contribution in [0.2, 0.25) is 0 Å². The molecule has 26 heavy (non-hydrogen) atoms. The lowest BCUT2D eigenvalue weighted by molar-refractivity contribution is -0.127. The quantitative estimate of drug-likeness (QED) is 0.770. The molecule has 3 heteroatoms. The van der Waals surface area contributed by atoms with Gasteiger partial charge in [-0.25, -0.2) is 0 Å². The summed E-state index contributed by atoms with van der Waals surface area (Å²) in [5.41, 5.74) is 2.64. The van der Waals surface area contributed by atoms with E-state index in [0.29, 0.717) is 0 Å². The molecule has 1 N–H and O–H groups in total. The second-order valence-electron chi connectivity index (χ2n) is 7.97. The number of carbonyl (C=O) groups excluding carboxylic acids is 1. The van der Waals surface area contributed by atoms with Crippen LogP contribution in [0.3, 0.4) is 0 Å². The summed E-state index contributed by atoms with van der Waals surface area (Å²) in [5.74, 6) is 0.642. The number of carbonyl (C=O) groups is 1. The Balaban J connectivity index is 1.81. The van der Waals surface area contributed by atoms with Gasteiger partial charge in [-0.05, 0) is 55.4 Å². The fourth-order valence-corrected chi connectivity index (χ4v) is 2.75. The normalized spacial score (nSPS) is 13.7. The van der Waals surface area contributed by atoms with Gasteiger partial charge >= 0.3 is 0 Å². The van der Waals surface area contributed by atoms with Crippen LogP contribution < -0.4 is 10.1 Å². The summed E-state index contributed by atoms with van der Waals surface area (Å²) in [6, 6.07) is 18.4. The number of nitrogens with one attached hydrogen (secondary N) is 1.